The van der Waals surface area contributed by atoms with Gasteiger partial charge in [-0.25, -0.2) is 9.37 Å². The van der Waals surface area contributed by atoms with Crippen molar-refractivity contribution in [2.75, 3.05) is 0 Å². The Morgan fingerprint density at radius 2 is 1.96 bits per heavy atom. The van der Waals surface area contributed by atoms with Gasteiger partial charge >= 0.3 is 0 Å². The van der Waals surface area contributed by atoms with Crippen molar-refractivity contribution in [1.29, 1.82) is 5.26 Å². The highest BCUT2D eigenvalue weighted by Crippen LogP contribution is 2.30. The molecule has 2 aromatic heterocycles. The number of H-pyrrole nitrogens is 2. The molecule has 0 radical (unpaired) electrons. The normalized spacial score (nSPS) is 10.8. The Hall–Kier alpha value is -3.79. The molecular formula is C19H12FN5O. The first kappa shape index (κ1) is 15.7. The molecule has 6 nitrogen and oxygen atoms in total. The topological polar surface area (TPSA) is 98.2 Å². The van der Waals surface area contributed by atoms with Crippen LogP contribution in [0.1, 0.15) is 11.4 Å². The fraction of sp³-hybridized carbons (Fsp3) is 0.0526. The van der Waals surface area contributed by atoms with Crippen LogP contribution in [0.25, 0.3) is 33.3 Å². The molecule has 4 aromatic rings. The van der Waals surface area contributed by atoms with E-state index in [1.807, 2.05) is 6.07 Å². The molecule has 0 saturated heterocycles. The van der Waals surface area contributed by atoms with Crippen LogP contribution in [0.3, 0.4) is 0 Å². The Labute approximate surface area is 147 Å². The van der Waals surface area contributed by atoms with Gasteiger partial charge < -0.3 is 4.98 Å². The van der Waals surface area contributed by atoms with Crippen LogP contribution in [0.5, 0.6) is 0 Å². The molecule has 4 rings (SSSR count). The Bertz CT molecular complexity index is 1250. The number of rotatable bonds is 2. The zero-order valence-electron chi connectivity index (χ0n) is 13.7. The molecule has 126 valence electrons. The second kappa shape index (κ2) is 5.93. The largest absolute Gasteiger partial charge is 0.310 e. The highest BCUT2D eigenvalue weighted by molar-refractivity contribution is 5.87. The maximum absolute atomic E-state index is 14.1. The summed E-state index contributed by atoms with van der Waals surface area (Å²) < 4.78 is 14.1. The van der Waals surface area contributed by atoms with Crippen molar-refractivity contribution < 1.29 is 4.39 Å². The molecule has 7 heteroatoms. The SMILES string of the molecule is Cc1nc(-c2ccc(C#N)c(F)c2)c(-c2ccc3cn[nH]c3c2)c(=O)[nH]1. The van der Waals surface area contributed by atoms with Gasteiger partial charge in [-0.05, 0) is 30.7 Å². The lowest BCUT2D eigenvalue weighted by Crippen LogP contribution is -2.14. The van der Waals surface area contributed by atoms with E-state index in [0.29, 0.717) is 28.2 Å². The van der Waals surface area contributed by atoms with Crippen LogP contribution >= 0.6 is 0 Å². The minimum absolute atomic E-state index is 0.0595. The minimum atomic E-state index is -0.653. The minimum Gasteiger partial charge on any atom is -0.310 e. The van der Waals surface area contributed by atoms with Crippen LogP contribution in [-0.4, -0.2) is 20.2 Å². The van der Waals surface area contributed by atoms with Crippen LogP contribution in [0, 0.1) is 24.1 Å². The van der Waals surface area contributed by atoms with Gasteiger partial charge in [-0.3, -0.25) is 9.89 Å². The van der Waals surface area contributed by atoms with Crippen molar-refractivity contribution in [3.05, 3.63) is 70.2 Å². The van der Waals surface area contributed by atoms with Crippen LogP contribution in [0.4, 0.5) is 4.39 Å². The molecule has 0 atom stereocenters. The number of hydrogen-bond acceptors (Lipinski definition) is 4. The second-order valence-electron chi connectivity index (χ2n) is 5.85. The van der Waals surface area contributed by atoms with Gasteiger partial charge in [-0.2, -0.15) is 10.4 Å². The van der Waals surface area contributed by atoms with Crippen molar-refractivity contribution in [2.45, 2.75) is 6.92 Å². The van der Waals surface area contributed by atoms with Crippen LogP contribution in [0.2, 0.25) is 0 Å². The second-order valence-corrected chi connectivity index (χ2v) is 5.85. The average Bonchev–Trinajstić information content (AvgIpc) is 3.08. The summed E-state index contributed by atoms with van der Waals surface area (Å²) in [5.41, 5.74) is 2.14. The Kier molecular flexibility index (Phi) is 3.59. The Balaban J connectivity index is 1.99. The maximum Gasteiger partial charge on any atom is 0.259 e. The molecule has 0 spiro atoms. The van der Waals surface area contributed by atoms with Gasteiger partial charge in [-0.1, -0.05) is 18.2 Å². The molecule has 0 fully saturated rings. The van der Waals surface area contributed by atoms with Gasteiger partial charge in [0.15, 0.2) is 0 Å². The first-order valence-corrected chi connectivity index (χ1v) is 7.81. The van der Waals surface area contributed by atoms with Crippen molar-refractivity contribution in [3.63, 3.8) is 0 Å². The highest BCUT2D eigenvalue weighted by atomic mass is 19.1. The summed E-state index contributed by atoms with van der Waals surface area (Å²) in [4.78, 5) is 19.8. The lowest BCUT2D eigenvalue weighted by molar-refractivity contribution is 0.624. The number of aromatic nitrogens is 4. The molecule has 0 amide bonds. The van der Waals surface area contributed by atoms with E-state index >= 15 is 0 Å². The molecular weight excluding hydrogens is 333 g/mol. The Morgan fingerprint density at radius 1 is 1.15 bits per heavy atom. The van der Waals surface area contributed by atoms with E-state index in [9.17, 15) is 9.18 Å². The maximum atomic E-state index is 14.1. The third-order valence-corrected chi connectivity index (χ3v) is 4.13. The summed E-state index contributed by atoms with van der Waals surface area (Å²) in [6, 6.07) is 11.4. The van der Waals surface area contributed by atoms with E-state index in [1.54, 1.807) is 37.4 Å². The molecule has 0 unspecified atom stereocenters. The third kappa shape index (κ3) is 2.54. The number of hydrogen-bond donors (Lipinski definition) is 2. The summed E-state index contributed by atoms with van der Waals surface area (Å²) in [7, 11) is 0. The van der Waals surface area contributed by atoms with Gasteiger partial charge in [0.2, 0.25) is 0 Å². The fourth-order valence-electron chi connectivity index (χ4n) is 2.91. The molecule has 0 aliphatic heterocycles. The number of aromatic amines is 2. The molecule has 0 aliphatic carbocycles. The number of halogens is 1. The molecule has 26 heavy (non-hydrogen) atoms. The average molecular weight is 345 g/mol. The molecule has 0 saturated carbocycles. The summed E-state index contributed by atoms with van der Waals surface area (Å²) in [5.74, 6) is -0.235. The zero-order chi connectivity index (χ0) is 18.3. The number of nitrogens with zero attached hydrogens (tertiary/aromatic N) is 3. The number of aryl methyl sites for hydroxylation is 1. The van der Waals surface area contributed by atoms with Crippen LogP contribution in [0.15, 0.2) is 47.4 Å². The first-order valence-electron chi connectivity index (χ1n) is 7.81. The van der Waals surface area contributed by atoms with Gasteiger partial charge in [0.05, 0.1) is 28.5 Å². The lowest BCUT2D eigenvalue weighted by atomic mass is 9.98. The smallest absolute Gasteiger partial charge is 0.259 e. The van der Waals surface area contributed by atoms with Gasteiger partial charge in [0, 0.05) is 10.9 Å². The van der Waals surface area contributed by atoms with Crippen molar-refractivity contribution >= 4 is 10.9 Å². The van der Waals surface area contributed by atoms with E-state index in [2.05, 4.69) is 20.2 Å². The van der Waals surface area contributed by atoms with E-state index in [1.165, 1.54) is 12.1 Å². The third-order valence-electron chi connectivity index (χ3n) is 4.13. The van der Waals surface area contributed by atoms with E-state index in [-0.39, 0.29) is 11.1 Å². The fourth-order valence-corrected chi connectivity index (χ4v) is 2.91. The van der Waals surface area contributed by atoms with Crippen LogP contribution < -0.4 is 5.56 Å². The zero-order valence-corrected chi connectivity index (χ0v) is 13.7. The number of nitriles is 1. The summed E-state index contributed by atoms with van der Waals surface area (Å²) in [6.45, 7) is 1.66. The summed E-state index contributed by atoms with van der Waals surface area (Å²) in [5, 5.41) is 16.7. The van der Waals surface area contributed by atoms with Crippen LogP contribution in [-0.2, 0) is 0 Å². The van der Waals surface area contributed by atoms with Crippen molar-refractivity contribution in [2.24, 2.45) is 0 Å². The molecule has 0 bridgehead atoms. The standard InChI is InChI=1S/C19H12FN5O/c1-10-23-18(12-3-4-13(8-21)15(20)6-12)17(19(26)24-10)11-2-5-14-9-22-25-16(14)7-11/h2-7,9H,1H3,(H,22,25)(H,23,24,26). The lowest BCUT2D eigenvalue weighted by Gasteiger charge is -2.10. The van der Waals surface area contributed by atoms with E-state index in [4.69, 9.17) is 5.26 Å². The van der Waals surface area contributed by atoms with E-state index < -0.39 is 5.82 Å². The summed E-state index contributed by atoms with van der Waals surface area (Å²) in [6.07, 6.45) is 1.69. The van der Waals surface area contributed by atoms with Gasteiger partial charge in [0.1, 0.15) is 17.7 Å². The van der Waals surface area contributed by atoms with Gasteiger partial charge in [0.25, 0.3) is 5.56 Å². The number of fused-ring (bicyclic) bond motifs is 1. The van der Waals surface area contributed by atoms with Crippen molar-refractivity contribution in [1.82, 2.24) is 20.2 Å². The molecule has 2 N–H and O–H groups in total. The molecule has 2 aromatic carbocycles. The molecule has 0 aliphatic rings. The van der Waals surface area contributed by atoms with Crippen molar-refractivity contribution in [3.8, 4) is 28.5 Å². The monoisotopic (exact) mass is 345 g/mol. The first-order chi connectivity index (χ1) is 12.6. The predicted molar refractivity (Wildman–Crippen MR) is 94.8 cm³/mol. The summed E-state index contributed by atoms with van der Waals surface area (Å²) >= 11 is 0. The molecule has 2 heterocycles. The van der Waals surface area contributed by atoms with E-state index in [0.717, 1.165) is 10.9 Å². The number of nitrogens with one attached hydrogen (secondary N) is 2. The highest BCUT2D eigenvalue weighted by Gasteiger charge is 2.16. The Morgan fingerprint density at radius 3 is 2.73 bits per heavy atom. The quantitative estimate of drug-likeness (QED) is 0.582. The van der Waals surface area contributed by atoms with Gasteiger partial charge in [-0.15, -0.1) is 0 Å². The predicted octanol–water partition coefficient (Wildman–Crippen LogP) is 3.30. The number of benzene rings is 2.